The highest BCUT2D eigenvalue weighted by atomic mass is 35.5. The quantitative estimate of drug-likeness (QED) is 0.811. The lowest BCUT2D eigenvalue weighted by molar-refractivity contribution is 0.102. The van der Waals surface area contributed by atoms with Gasteiger partial charge in [-0.15, -0.1) is 11.8 Å². The number of nitrogens with one attached hydrogen (secondary N) is 1. The number of benzene rings is 2. The molecular weight excluding hydrogens is 301 g/mol. The number of thioether (sulfide) groups is 1. The lowest BCUT2D eigenvalue weighted by Gasteiger charge is -2.08. The highest BCUT2D eigenvalue weighted by Gasteiger charge is 2.10. The standard InChI is InChI=1S/C14H11Cl2NOS/c1-19-10-7-5-9(6-8-10)14(18)17-12-4-2-3-11(15)13(12)16/h2-8H,1H3,(H,17,18). The normalized spacial score (nSPS) is 10.3. The SMILES string of the molecule is CSc1ccc(C(=O)Nc2cccc(Cl)c2Cl)cc1. The lowest BCUT2D eigenvalue weighted by atomic mass is 10.2. The summed E-state index contributed by atoms with van der Waals surface area (Å²) < 4.78 is 0. The average molecular weight is 312 g/mol. The van der Waals surface area contributed by atoms with Crippen molar-refractivity contribution in [3.63, 3.8) is 0 Å². The summed E-state index contributed by atoms with van der Waals surface area (Å²) in [6.07, 6.45) is 1.99. The van der Waals surface area contributed by atoms with Crippen molar-refractivity contribution in [1.82, 2.24) is 0 Å². The molecule has 1 amide bonds. The second kappa shape index (κ2) is 6.33. The van der Waals surface area contributed by atoms with Crippen molar-refractivity contribution >= 4 is 46.6 Å². The van der Waals surface area contributed by atoms with Gasteiger partial charge < -0.3 is 5.32 Å². The maximum absolute atomic E-state index is 12.1. The summed E-state index contributed by atoms with van der Waals surface area (Å²) in [6, 6.07) is 12.5. The molecule has 0 heterocycles. The molecule has 2 aromatic carbocycles. The van der Waals surface area contributed by atoms with Crippen LogP contribution in [-0.2, 0) is 0 Å². The fourth-order valence-electron chi connectivity index (χ4n) is 1.54. The van der Waals surface area contributed by atoms with Gasteiger partial charge in [-0.05, 0) is 42.7 Å². The molecular formula is C14H11Cl2NOS. The van der Waals surface area contributed by atoms with Crippen LogP contribution < -0.4 is 5.32 Å². The fourth-order valence-corrected chi connectivity index (χ4v) is 2.29. The zero-order valence-corrected chi connectivity index (χ0v) is 12.4. The van der Waals surface area contributed by atoms with Crippen molar-refractivity contribution < 1.29 is 4.79 Å². The molecule has 98 valence electrons. The van der Waals surface area contributed by atoms with Crippen molar-refractivity contribution in [3.8, 4) is 0 Å². The minimum atomic E-state index is -0.211. The minimum Gasteiger partial charge on any atom is -0.321 e. The van der Waals surface area contributed by atoms with E-state index in [9.17, 15) is 4.79 Å². The summed E-state index contributed by atoms with van der Waals surface area (Å²) in [4.78, 5) is 13.2. The molecule has 0 saturated heterocycles. The van der Waals surface area contributed by atoms with Gasteiger partial charge in [-0.3, -0.25) is 4.79 Å². The van der Waals surface area contributed by atoms with Crippen LogP contribution in [0.25, 0.3) is 0 Å². The second-order valence-electron chi connectivity index (χ2n) is 3.78. The molecule has 5 heteroatoms. The summed E-state index contributed by atoms with van der Waals surface area (Å²) >= 11 is 13.5. The molecule has 0 fully saturated rings. The van der Waals surface area contributed by atoms with Crippen LogP contribution in [0.5, 0.6) is 0 Å². The van der Waals surface area contributed by atoms with E-state index in [1.54, 1.807) is 42.1 Å². The third-order valence-electron chi connectivity index (χ3n) is 2.55. The fraction of sp³-hybridized carbons (Fsp3) is 0.0714. The van der Waals surface area contributed by atoms with Crippen molar-refractivity contribution in [2.24, 2.45) is 0 Å². The van der Waals surface area contributed by atoms with Crippen LogP contribution in [0.3, 0.4) is 0 Å². The van der Waals surface area contributed by atoms with E-state index in [4.69, 9.17) is 23.2 Å². The Bertz CT molecular complexity index is 599. The molecule has 2 nitrogen and oxygen atoms in total. The van der Waals surface area contributed by atoms with Gasteiger partial charge in [-0.25, -0.2) is 0 Å². The number of carbonyl (C=O) groups is 1. The Balaban J connectivity index is 2.18. The van der Waals surface area contributed by atoms with E-state index in [-0.39, 0.29) is 5.91 Å². The van der Waals surface area contributed by atoms with Crippen LogP contribution in [0.15, 0.2) is 47.4 Å². The lowest BCUT2D eigenvalue weighted by Crippen LogP contribution is -2.12. The van der Waals surface area contributed by atoms with Crippen LogP contribution >= 0.6 is 35.0 Å². The molecule has 0 saturated carbocycles. The summed E-state index contributed by atoms with van der Waals surface area (Å²) in [7, 11) is 0. The van der Waals surface area contributed by atoms with Crippen LogP contribution in [-0.4, -0.2) is 12.2 Å². The summed E-state index contributed by atoms with van der Waals surface area (Å²) in [5.41, 5.74) is 1.09. The number of hydrogen-bond donors (Lipinski definition) is 1. The van der Waals surface area contributed by atoms with Crippen LogP contribution in [0.4, 0.5) is 5.69 Å². The Hall–Kier alpha value is -1.16. The molecule has 0 unspecified atom stereocenters. The molecule has 2 aromatic rings. The molecule has 0 bridgehead atoms. The Morgan fingerprint density at radius 3 is 2.42 bits per heavy atom. The van der Waals surface area contributed by atoms with Crippen LogP contribution in [0.1, 0.15) is 10.4 Å². The van der Waals surface area contributed by atoms with Gasteiger partial charge in [0, 0.05) is 10.5 Å². The molecule has 0 aromatic heterocycles. The maximum Gasteiger partial charge on any atom is 0.255 e. The first kappa shape index (κ1) is 14.3. The monoisotopic (exact) mass is 311 g/mol. The van der Waals surface area contributed by atoms with E-state index < -0.39 is 0 Å². The molecule has 2 rings (SSSR count). The van der Waals surface area contributed by atoms with Crippen LogP contribution in [0, 0.1) is 0 Å². The van der Waals surface area contributed by atoms with Gasteiger partial charge in [0.2, 0.25) is 0 Å². The Kier molecular flexibility index (Phi) is 4.75. The molecule has 0 atom stereocenters. The van der Waals surface area contributed by atoms with Gasteiger partial charge in [-0.1, -0.05) is 29.3 Å². The molecule has 19 heavy (non-hydrogen) atoms. The predicted octanol–water partition coefficient (Wildman–Crippen LogP) is 4.97. The van der Waals surface area contributed by atoms with Gasteiger partial charge in [0.15, 0.2) is 0 Å². The number of amides is 1. The highest BCUT2D eigenvalue weighted by Crippen LogP contribution is 2.29. The van der Waals surface area contributed by atoms with Gasteiger partial charge in [0.25, 0.3) is 5.91 Å². The predicted molar refractivity (Wildman–Crippen MR) is 82.6 cm³/mol. The number of halogens is 2. The number of rotatable bonds is 3. The molecule has 0 aliphatic heterocycles. The largest absolute Gasteiger partial charge is 0.321 e. The average Bonchev–Trinajstić information content (AvgIpc) is 2.44. The van der Waals surface area contributed by atoms with E-state index in [1.165, 1.54) is 0 Å². The van der Waals surface area contributed by atoms with Gasteiger partial charge in [0.1, 0.15) is 0 Å². The second-order valence-corrected chi connectivity index (χ2v) is 5.45. The van der Waals surface area contributed by atoms with E-state index in [1.807, 2.05) is 18.4 Å². The first-order valence-corrected chi connectivity index (χ1v) is 7.49. The van der Waals surface area contributed by atoms with Gasteiger partial charge >= 0.3 is 0 Å². The van der Waals surface area contributed by atoms with Crippen molar-refractivity contribution in [2.45, 2.75) is 4.90 Å². The molecule has 0 aliphatic carbocycles. The zero-order chi connectivity index (χ0) is 13.8. The van der Waals surface area contributed by atoms with E-state index in [0.29, 0.717) is 21.3 Å². The zero-order valence-electron chi connectivity index (χ0n) is 10.1. The van der Waals surface area contributed by atoms with E-state index in [0.717, 1.165) is 4.90 Å². The van der Waals surface area contributed by atoms with Crippen LogP contribution in [0.2, 0.25) is 10.0 Å². The van der Waals surface area contributed by atoms with E-state index in [2.05, 4.69) is 5.32 Å². The van der Waals surface area contributed by atoms with Gasteiger partial charge in [0.05, 0.1) is 15.7 Å². The molecule has 0 radical (unpaired) electrons. The number of anilines is 1. The van der Waals surface area contributed by atoms with Crippen molar-refractivity contribution in [2.75, 3.05) is 11.6 Å². The number of hydrogen-bond acceptors (Lipinski definition) is 2. The van der Waals surface area contributed by atoms with Gasteiger partial charge in [-0.2, -0.15) is 0 Å². The van der Waals surface area contributed by atoms with E-state index >= 15 is 0 Å². The highest BCUT2D eigenvalue weighted by molar-refractivity contribution is 7.98. The maximum atomic E-state index is 12.1. The van der Waals surface area contributed by atoms with Crippen molar-refractivity contribution in [3.05, 3.63) is 58.1 Å². The summed E-state index contributed by atoms with van der Waals surface area (Å²) in [6.45, 7) is 0. The summed E-state index contributed by atoms with van der Waals surface area (Å²) in [5, 5.41) is 3.50. The Labute approximate surface area is 126 Å². The molecule has 0 spiro atoms. The number of carbonyl (C=O) groups excluding carboxylic acids is 1. The van der Waals surface area contributed by atoms with Crippen molar-refractivity contribution in [1.29, 1.82) is 0 Å². The molecule has 1 N–H and O–H groups in total. The first-order valence-electron chi connectivity index (χ1n) is 5.51. The Morgan fingerprint density at radius 2 is 1.79 bits per heavy atom. The summed E-state index contributed by atoms with van der Waals surface area (Å²) in [5.74, 6) is -0.211. The molecule has 0 aliphatic rings. The minimum absolute atomic E-state index is 0.211. The third-order valence-corrected chi connectivity index (χ3v) is 4.11. The topological polar surface area (TPSA) is 29.1 Å². The smallest absolute Gasteiger partial charge is 0.255 e. The third kappa shape index (κ3) is 3.44. The Morgan fingerprint density at radius 1 is 1.11 bits per heavy atom. The first-order chi connectivity index (χ1) is 9.11.